The van der Waals surface area contributed by atoms with E-state index in [0.717, 1.165) is 15.8 Å². The molecule has 0 atom stereocenters. The summed E-state index contributed by atoms with van der Waals surface area (Å²) in [4.78, 5) is 16.1. The number of aryl methyl sites for hydroxylation is 2. The molecule has 0 unspecified atom stereocenters. The van der Waals surface area contributed by atoms with Gasteiger partial charge in [-0.05, 0) is 31.9 Å². The van der Waals surface area contributed by atoms with Crippen molar-refractivity contribution in [1.29, 1.82) is 0 Å². The third kappa shape index (κ3) is 4.86. The number of carbonyl (C=O) groups is 1. The van der Waals surface area contributed by atoms with Crippen LogP contribution in [0.1, 0.15) is 29.3 Å². The molecule has 21 heavy (non-hydrogen) atoms. The van der Waals surface area contributed by atoms with Crippen LogP contribution in [0.15, 0.2) is 27.9 Å². The van der Waals surface area contributed by atoms with Gasteiger partial charge >= 0.3 is 0 Å². The van der Waals surface area contributed by atoms with E-state index in [-0.39, 0.29) is 5.91 Å². The van der Waals surface area contributed by atoms with E-state index >= 15 is 0 Å². The molecule has 0 bridgehead atoms. The van der Waals surface area contributed by atoms with Gasteiger partial charge in [-0.25, -0.2) is 4.98 Å². The van der Waals surface area contributed by atoms with Gasteiger partial charge in [-0.1, -0.05) is 35.5 Å². The molecule has 2 aromatic rings. The van der Waals surface area contributed by atoms with Crippen molar-refractivity contribution in [3.8, 4) is 0 Å². The van der Waals surface area contributed by atoms with E-state index in [2.05, 4.69) is 42.3 Å². The zero-order valence-electron chi connectivity index (χ0n) is 12.6. The van der Waals surface area contributed by atoms with E-state index in [1.807, 2.05) is 12.3 Å². The first kappa shape index (κ1) is 16.0. The number of likely N-dealkylation sites (N-methyl/N-ethyl adjacent to an activating group) is 1. The van der Waals surface area contributed by atoms with Crippen LogP contribution in [-0.4, -0.2) is 17.4 Å². The van der Waals surface area contributed by atoms with Crippen LogP contribution in [0.25, 0.3) is 0 Å². The van der Waals surface area contributed by atoms with Gasteiger partial charge in [0.2, 0.25) is 5.91 Å². The van der Waals surface area contributed by atoms with Gasteiger partial charge in [-0.3, -0.25) is 4.79 Å². The molecule has 112 valence electrons. The second-order valence-corrected chi connectivity index (χ2v) is 7.03. The monoisotopic (exact) mass is 320 g/mol. The van der Waals surface area contributed by atoms with Crippen molar-refractivity contribution in [3.05, 3.63) is 46.0 Å². The van der Waals surface area contributed by atoms with Crippen molar-refractivity contribution in [1.82, 2.24) is 10.3 Å². The van der Waals surface area contributed by atoms with E-state index in [9.17, 15) is 4.79 Å². The summed E-state index contributed by atoms with van der Waals surface area (Å²) in [6, 6.07) is 6.52. The van der Waals surface area contributed by atoms with Crippen molar-refractivity contribution in [2.45, 2.75) is 37.3 Å². The van der Waals surface area contributed by atoms with Crippen molar-refractivity contribution in [2.75, 3.05) is 6.54 Å². The first-order valence-electron chi connectivity index (χ1n) is 6.98. The Labute approximate surface area is 134 Å². The molecule has 1 N–H and O–H groups in total. The Morgan fingerprint density at radius 1 is 1.38 bits per heavy atom. The second-order valence-electron chi connectivity index (χ2n) is 4.95. The summed E-state index contributed by atoms with van der Waals surface area (Å²) in [6.45, 7) is 6.83. The van der Waals surface area contributed by atoms with Crippen molar-refractivity contribution in [2.24, 2.45) is 0 Å². The SMILES string of the molecule is CCNC(=O)Cc1csc(SCc2cc(C)ccc2C)n1. The maximum atomic E-state index is 11.5. The third-order valence-corrected chi connectivity index (χ3v) is 5.22. The lowest BCUT2D eigenvalue weighted by molar-refractivity contribution is -0.120. The van der Waals surface area contributed by atoms with Crippen LogP contribution in [0.5, 0.6) is 0 Å². The topological polar surface area (TPSA) is 42.0 Å². The molecule has 0 spiro atoms. The summed E-state index contributed by atoms with van der Waals surface area (Å²) in [5.74, 6) is 0.954. The number of nitrogens with one attached hydrogen (secondary N) is 1. The first-order valence-corrected chi connectivity index (χ1v) is 8.85. The van der Waals surface area contributed by atoms with Crippen LogP contribution < -0.4 is 5.32 Å². The number of carbonyl (C=O) groups excluding carboxylic acids is 1. The fraction of sp³-hybridized carbons (Fsp3) is 0.375. The van der Waals surface area contributed by atoms with Crippen molar-refractivity contribution >= 4 is 29.0 Å². The lowest BCUT2D eigenvalue weighted by Gasteiger charge is -2.05. The zero-order valence-corrected chi connectivity index (χ0v) is 14.2. The molecule has 0 aliphatic heterocycles. The highest BCUT2D eigenvalue weighted by Crippen LogP contribution is 2.27. The van der Waals surface area contributed by atoms with Gasteiger partial charge < -0.3 is 5.32 Å². The average molecular weight is 320 g/mol. The van der Waals surface area contributed by atoms with Gasteiger partial charge in [0.1, 0.15) is 4.34 Å². The van der Waals surface area contributed by atoms with E-state index in [0.29, 0.717) is 13.0 Å². The average Bonchev–Trinajstić information content (AvgIpc) is 2.87. The van der Waals surface area contributed by atoms with E-state index < -0.39 is 0 Å². The van der Waals surface area contributed by atoms with Gasteiger partial charge in [0, 0.05) is 17.7 Å². The largest absolute Gasteiger partial charge is 0.356 e. The molecule has 2 rings (SSSR count). The lowest BCUT2D eigenvalue weighted by Crippen LogP contribution is -2.24. The minimum atomic E-state index is 0.0360. The minimum Gasteiger partial charge on any atom is -0.356 e. The molecule has 3 nitrogen and oxygen atoms in total. The van der Waals surface area contributed by atoms with E-state index in [1.165, 1.54) is 16.7 Å². The normalized spacial score (nSPS) is 10.6. The zero-order chi connectivity index (χ0) is 15.2. The number of thioether (sulfide) groups is 1. The summed E-state index contributed by atoms with van der Waals surface area (Å²) < 4.78 is 1.02. The number of hydrogen-bond acceptors (Lipinski definition) is 4. The molecule has 0 saturated carbocycles. The Kier molecular flexibility index (Phi) is 5.82. The lowest BCUT2D eigenvalue weighted by atomic mass is 10.1. The van der Waals surface area contributed by atoms with Gasteiger partial charge in [0.05, 0.1) is 12.1 Å². The maximum absolute atomic E-state index is 11.5. The number of hydrogen-bond donors (Lipinski definition) is 1. The first-order chi connectivity index (χ1) is 10.1. The molecule has 1 aromatic heterocycles. The fourth-order valence-electron chi connectivity index (χ4n) is 1.96. The second kappa shape index (κ2) is 7.61. The Morgan fingerprint density at radius 3 is 2.95 bits per heavy atom. The number of rotatable bonds is 6. The van der Waals surface area contributed by atoms with Crippen LogP contribution in [-0.2, 0) is 17.0 Å². The highest BCUT2D eigenvalue weighted by atomic mass is 32.2. The van der Waals surface area contributed by atoms with Crippen LogP contribution in [0.2, 0.25) is 0 Å². The van der Waals surface area contributed by atoms with Gasteiger partial charge in [0.15, 0.2) is 0 Å². The van der Waals surface area contributed by atoms with Gasteiger partial charge in [-0.2, -0.15) is 0 Å². The van der Waals surface area contributed by atoms with E-state index in [4.69, 9.17) is 0 Å². The Balaban J connectivity index is 1.93. The maximum Gasteiger partial charge on any atom is 0.226 e. The number of thiazole rings is 1. The molecule has 0 aliphatic rings. The predicted molar refractivity (Wildman–Crippen MR) is 90.0 cm³/mol. The molecule has 0 radical (unpaired) electrons. The molecular weight excluding hydrogens is 300 g/mol. The summed E-state index contributed by atoms with van der Waals surface area (Å²) >= 11 is 3.34. The van der Waals surface area contributed by atoms with Gasteiger partial charge in [-0.15, -0.1) is 11.3 Å². The minimum absolute atomic E-state index is 0.0360. The molecule has 0 saturated heterocycles. The number of benzene rings is 1. The quantitative estimate of drug-likeness (QED) is 0.825. The summed E-state index contributed by atoms with van der Waals surface area (Å²) in [5.41, 5.74) is 4.80. The Hall–Kier alpha value is -1.33. The van der Waals surface area contributed by atoms with Crippen LogP contribution >= 0.6 is 23.1 Å². The summed E-state index contributed by atoms with van der Waals surface area (Å²) in [6.07, 6.45) is 0.369. The Morgan fingerprint density at radius 2 is 2.19 bits per heavy atom. The fourth-order valence-corrected chi connectivity index (χ4v) is 3.86. The molecular formula is C16H20N2OS2. The standard InChI is InChI=1S/C16H20N2OS2/c1-4-17-15(19)8-14-10-21-16(18-14)20-9-13-7-11(2)5-6-12(13)3/h5-7,10H,4,8-9H2,1-3H3,(H,17,19). The van der Waals surface area contributed by atoms with Gasteiger partial charge in [0.25, 0.3) is 0 Å². The van der Waals surface area contributed by atoms with Crippen LogP contribution in [0.3, 0.4) is 0 Å². The molecule has 0 aliphatic carbocycles. The predicted octanol–water partition coefficient (Wildman–Crippen LogP) is 3.73. The molecule has 1 aromatic carbocycles. The van der Waals surface area contributed by atoms with E-state index in [1.54, 1.807) is 23.1 Å². The molecule has 1 heterocycles. The van der Waals surface area contributed by atoms with Crippen molar-refractivity contribution < 1.29 is 4.79 Å². The number of nitrogens with zero attached hydrogens (tertiary/aromatic N) is 1. The number of amides is 1. The summed E-state index contributed by atoms with van der Waals surface area (Å²) in [7, 11) is 0. The van der Waals surface area contributed by atoms with Crippen molar-refractivity contribution in [3.63, 3.8) is 0 Å². The third-order valence-electron chi connectivity index (χ3n) is 3.10. The molecule has 0 fully saturated rings. The smallest absolute Gasteiger partial charge is 0.226 e. The highest BCUT2D eigenvalue weighted by Gasteiger charge is 2.08. The highest BCUT2D eigenvalue weighted by molar-refractivity contribution is 8.00. The van der Waals surface area contributed by atoms with Crippen LogP contribution in [0.4, 0.5) is 0 Å². The van der Waals surface area contributed by atoms with Crippen LogP contribution in [0, 0.1) is 13.8 Å². The summed E-state index contributed by atoms with van der Waals surface area (Å²) in [5, 5.41) is 4.77. The number of aromatic nitrogens is 1. The molecule has 1 amide bonds. The molecule has 5 heteroatoms. The Bertz CT molecular complexity index is 622.